The Labute approximate surface area is 115 Å². The lowest BCUT2D eigenvalue weighted by molar-refractivity contribution is 0.251. The second-order valence-corrected chi connectivity index (χ2v) is 5.99. The topological polar surface area (TPSA) is 47.3 Å². The number of nitrogens with one attached hydrogen (secondary N) is 1. The molecule has 0 aromatic heterocycles. The molecule has 3 rings (SSSR count). The van der Waals surface area contributed by atoms with Crippen LogP contribution in [0, 0.1) is 17.8 Å². The summed E-state index contributed by atoms with van der Waals surface area (Å²) < 4.78 is 5.60. The minimum Gasteiger partial charge on any atom is -0.494 e. The van der Waals surface area contributed by atoms with Gasteiger partial charge >= 0.3 is 0 Å². The highest BCUT2D eigenvalue weighted by Gasteiger charge is 2.43. The summed E-state index contributed by atoms with van der Waals surface area (Å²) in [5.74, 6) is 9.30. The van der Waals surface area contributed by atoms with Crippen LogP contribution in [0.5, 0.6) is 5.75 Å². The lowest BCUT2D eigenvalue weighted by Gasteiger charge is -2.30. The molecule has 2 aliphatic carbocycles. The maximum Gasteiger partial charge on any atom is 0.119 e. The summed E-state index contributed by atoms with van der Waals surface area (Å²) in [4.78, 5) is 0. The first-order chi connectivity index (χ1) is 9.31. The van der Waals surface area contributed by atoms with E-state index in [1.54, 1.807) is 0 Å². The van der Waals surface area contributed by atoms with Gasteiger partial charge in [-0.15, -0.1) is 0 Å². The quantitative estimate of drug-likeness (QED) is 0.632. The summed E-state index contributed by atoms with van der Waals surface area (Å²) in [5, 5.41) is 0. The molecule has 0 saturated heterocycles. The third kappa shape index (κ3) is 2.49. The first kappa shape index (κ1) is 12.9. The standard InChI is InChI=1S/C16H24N2O/c1-2-19-14-5-3-4-13(10-14)16(18-17)15-9-11-6-7-12(15)8-11/h3-5,10-12,15-16,18H,2,6-9,17H2,1H3. The van der Waals surface area contributed by atoms with Crippen LogP contribution in [0.2, 0.25) is 0 Å². The van der Waals surface area contributed by atoms with Gasteiger partial charge < -0.3 is 4.74 Å². The lowest BCUT2D eigenvalue weighted by atomic mass is 9.81. The largest absolute Gasteiger partial charge is 0.494 e. The van der Waals surface area contributed by atoms with Crippen LogP contribution in [0.3, 0.4) is 0 Å². The van der Waals surface area contributed by atoms with E-state index in [1.165, 1.54) is 31.2 Å². The van der Waals surface area contributed by atoms with E-state index in [-0.39, 0.29) is 6.04 Å². The molecule has 3 heteroatoms. The van der Waals surface area contributed by atoms with E-state index in [1.807, 2.05) is 13.0 Å². The molecule has 0 heterocycles. The molecule has 4 unspecified atom stereocenters. The molecule has 1 aromatic carbocycles. The molecular weight excluding hydrogens is 236 g/mol. The Kier molecular flexibility index (Phi) is 3.76. The van der Waals surface area contributed by atoms with Crippen LogP contribution in [0.25, 0.3) is 0 Å². The van der Waals surface area contributed by atoms with Gasteiger partial charge in [0.05, 0.1) is 6.61 Å². The van der Waals surface area contributed by atoms with Crippen molar-refractivity contribution in [1.29, 1.82) is 0 Å². The van der Waals surface area contributed by atoms with Crippen molar-refractivity contribution in [2.24, 2.45) is 23.6 Å². The summed E-state index contributed by atoms with van der Waals surface area (Å²) in [6.07, 6.45) is 5.56. The van der Waals surface area contributed by atoms with Crippen LogP contribution in [0.15, 0.2) is 24.3 Å². The average molecular weight is 260 g/mol. The van der Waals surface area contributed by atoms with Gasteiger partial charge in [0.2, 0.25) is 0 Å². The van der Waals surface area contributed by atoms with E-state index in [4.69, 9.17) is 10.6 Å². The highest BCUT2D eigenvalue weighted by molar-refractivity contribution is 5.31. The molecule has 2 fully saturated rings. The number of hydrazine groups is 1. The van der Waals surface area contributed by atoms with Crippen molar-refractivity contribution in [3.63, 3.8) is 0 Å². The van der Waals surface area contributed by atoms with Crippen molar-refractivity contribution >= 4 is 0 Å². The third-order valence-corrected chi connectivity index (χ3v) is 4.93. The Morgan fingerprint density at radius 2 is 2.26 bits per heavy atom. The van der Waals surface area contributed by atoms with Gasteiger partial charge in [0.1, 0.15) is 5.75 Å². The van der Waals surface area contributed by atoms with Gasteiger partial charge in [-0.2, -0.15) is 0 Å². The number of hydrogen-bond acceptors (Lipinski definition) is 3. The molecule has 1 aromatic rings. The Hall–Kier alpha value is -1.06. The van der Waals surface area contributed by atoms with Crippen molar-refractivity contribution in [3.05, 3.63) is 29.8 Å². The van der Waals surface area contributed by atoms with E-state index in [0.717, 1.165) is 17.6 Å². The number of rotatable bonds is 5. The highest BCUT2D eigenvalue weighted by atomic mass is 16.5. The Morgan fingerprint density at radius 3 is 2.89 bits per heavy atom. The fourth-order valence-electron chi connectivity index (χ4n) is 4.13. The van der Waals surface area contributed by atoms with Crippen molar-refractivity contribution in [1.82, 2.24) is 5.43 Å². The summed E-state index contributed by atoms with van der Waals surface area (Å²) in [6, 6.07) is 8.66. The smallest absolute Gasteiger partial charge is 0.119 e. The maximum absolute atomic E-state index is 5.85. The van der Waals surface area contributed by atoms with Crippen molar-refractivity contribution in [3.8, 4) is 5.75 Å². The monoisotopic (exact) mass is 260 g/mol. The zero-order valence-electron chi connectivity index (χ0n) is 11.6. The second kappa shape index (κ2) is 5.51. The fraction of sp³-hybridized carbons (Fsp3) is 0.625. The predicted octanol–water partition coefficient (Wildman–Crippen LogP) is 3.03. The first-order valence-corrected chi connectivity index (χ1v) is 7.50. The third-order valence-electron chi connectivity index (χ3n) is 4.93. The molecule has 2 saturated carbocycles. The minimum absolute atomic E-state index is 0.274. The zero-order chi connectivity index (χ0) is 13.2. The number of fused-ring (bicyclic) bond motifs is 2. The van der Waals surface area contributed by atoms with Crippen LogP contribution in [-0.2, 0) is 0 Å². The van der Waals surface area contributed by atoms with E-state index in [9.17, 15) is 0 Å². The molecule has 0 radical (unpaired) electrons. The molecule has 0 amide bonds. The van der Waals surface area contributed by atoms with Gasteiger partial charge in [-0.3, -0.25) is 11.3 Å². The zero-order valence-corrected chi connectivity index (χ0v) is 11.6. The van der Waals surface area contributed by atoms with E-state index in [2.05, 4.69) is 23.6 Å². The molecular formula is C16H24N2O. The van der Waals surface area contributed by atoms with Crippen LogP contribution >= 0.6 is 0 Å². The van der Waals surface area contributed by atoms with Gasteiger partial charge in [-0.1, -0.05) is 18.6 Å². The number of ether oxygens (including phenoxy) is 1. The summed E-state index contributed by atoms with van der Waals surface area (Å²) >= 11 is 0. The molecule has 3 N–H and O–H groups in total. The lowest BCUT2D eigenvalue weighted by Crippen LogP contribution is -2.35. The van der Waals surface area contributed by atoms with Crippen molar-refractivity contribution in [2.45, 2.75) is 38.6 Å². The Bertz CT molecular complexity index is 435. The Morgan fingerprint density at radius 1 is 1.37 bits per heavy atom. The van der Waals surface area contributed by atoms with Gasteiger partial charge in [-0.05, 0) is 61.6 Å². The van der Waals surface area contributed by atoms with E-state index >= 15 is 0 Å². The SMILES string of the molecule is CCOc1cccc(C(NN)C2CC3CCC2C3)c1. The van der Waals surface area contributed by atoms with Gasteiger partial charge in [-0.25, -0.2) is 0 Å². The molecule has 2 bridgehead atoms. The maximum atomic E-state index is 5.85. The summed E-state index contributed by atoms with van der Waals surface area (Å²) in [6.45, 7) is 2.72. The second-order valence-electron chi connectivity index (χ2n) is 5.99. The average Bonchev–Trinajstić information content (AvgIpc) is 3.03. The van der Waals surface area contributed by atoms with E-state index < -0.39 is 0 Å². The molecule has 19 heavy (non-hydrogen) atoms. The highest BCUT2D eigenvalue weighted by Crippen LogP contribution is 2.52. The normalized spacial score (nSPS) is 30.5. The van der Waals surface area contributed by atoms with Crippen molar-refractivity contribution in [2.75, 3.05) is 6.61 Å². The molecule has 0 aliphatic heterocycles. The summed E-state index contributed by atoms with van der Waals surface area (Å²) in [7, 11) is 0. The van der Waals surface area contributed by atoms with Crippen LogP contribution in [-0.4, -0.2) is 6.61 Å². The molecule has 0 spiro atoms. The number of hydrogen-bond donors (Lipinski definition) is 2. The molecule has 104 valence electrons. The molecule has 4 atom stereocenters. The van der Waals surface area contributed by atoms with Crippen molar-refractivity contribution < 1.29 is 4.74 Å². The minimum atomic E-state index is 0.274. The molecule has 2 aliphatic rings. The van der Waals surface area contributed by atoms with Crippen LogP contribution in [0.1, 0.15) is 44.2 Å². The van der Waals surface area contributed by atoms with Crippen LogP contribution < -0.4 is 16.0 Å². The van der Waals surface area contributed by atoms with Gasteiger partial charge in [0, 0.05) is 6.04 Å². The molecule has 3 nitrogen and oxygen atoms in total. The Balaban J connectivity index is 1.80. The predicted molar refractivity (Wildman–Crippen MR) is 76.6 cm³/mol. The van der Waals surface area contributed by atoms with Crippen LogP contribution in [0.4, 0.5) is 0 Å². The van der Waals surface area contributed by atoms with Gasteiger partial charge in [0.15, 0.2) is 0 Å². The number of benzene rings is 1. The summed E-state index contributed by atoms with van der Waals surface area (Å²) in [5.41, 5.74) is 4.33. The van der Waals surface area contributed by atoms with Gasteiger partial charge in [0.25, 0.3) is 0 Å². The first-order valence-electron chi connectivity index (χ1n) is 7.50. The fourth-order valence-corrected chi connectivity index (χ4v) is 4.13. The number of nitrogens with two attached hydrogens (primary N) is 1. The van der Waals surface area contributed by atoms with E-state index in [0.29, 0.717) is 12.5 Å².